The number of ether oxygens (including phenoxy) is 1. The lowest BCUT2D eigenvalue weighted by Crippen LogP contribution is -2.52. The number of nitrogens with one attached hydrogen (secondary N) is 1. The van der Waals surface area contributed by atoms with Gasteiger partial charge in [-0.3, -0.25) is 4.79 Å². The second-order valence-corrected chi connectivity index (χ2v) is 6.23. The smallest absolute Gasteiger partial charge is 0.320 e. The highest BCUT2D eigenvalue weighted by atomic mass is 16.5. The molecule has 0 radical (unpaired) electrons. The molecule has 23 heavy (non-hydrogen) atoms. The number of hydrogen-bond donors (Lipinski definition) is 1. The number of urea groups is 1. The van der Waals surface area contributed by atoms with Crippen LogP contribution in [-0.4, -0.2) is 67.7 Å². The Hall–Kier alpha value is -1.74. The van der Waals surface area contributed by atoms with Gasteiger partial charge >= 0.3 is 6.03 Å². The minimum atomic E-state index is 0.0133. The number of piperidine rings is 1. The number of likely N-dealkylation sites (tertiary alicyclic amines) is 1. The van der Waals surface area contributed by atoms with Crippen molar-refractivity contribution in [2.75, 3.05) is 45.9 Å². The van der Waals surface area contributed by atoms with Crippen molar-refractivity contribution in [1.82, 2.24) is 15.1 Å². The number of carbonyl (C=O) groups is 2. The number of amides is 3. The Morgan fingerprint density at radius 2 is 1.96 bits per heavy atom. The lowest BCUT2D eigenvalue weighted by atomic mass is 9.81. The summed E-state index contributed by atoms with van der Waals surface area (Å²) in [6.07, 6.45) is 7.51. The molecule has 2 aliphatic rings. The van der Waals surface area contributed by atoms with Crippen LogP contribution in [0, 0.1) is 24.2 Å². The van der Waals surface area contributed by atoms with Crippen LogP contribution in [0.4, 0.5) is 4.79 Å². The average Bonchev–Trinajstić information content (AvgIpc) is 2.60. The Morgan fingerprint density at radius 1 is 1.22 bits per heavy atom. The first-order valence-corrected chi connectivity index (χ1v) is 8.47. The van der Waals surface area contributed by atoms with Crippen LogP contribution in [0.2, 0.25) is 0 Å². The highest BCUT2D eigenvalue weighted by Gasteiger charge is 2.33. The molecule has 2 saturated heterocycles. The van der Waals surface area contributed by atoms with E-state index in [0.29, 0.717) is 44.6 Å². The van der Waals surface area contributed by atoms with Gasteiger partial charge in [0.1, 0.15) is 0 Å². The van der Waals surface area contributed by atoms with E-state index < -0.39 is 0 Å². The number of terminal acetylenes is 1. The van der Waals surface area contributed by atoms with E-state index >= 15 is 0 Å². The third kappa shape index (κ3) is 4.87. The van der Waals surface area contributed by atoms with Crippen molar-refractivity contribution in [1.29, 1.82) is 0 Å². The lowest BCUT2D eigenvalue weighted by Gasteiger charge is -2.41. The zero-order valence-electron chi connectivity index (χ0n) is 13.9. The molecule has 1 N–H and O–H groups in total. The molecular weight excluding hydrogens is 294 g/mol. The maximum Gasteiger partial charge on any atom is 0.320 e. The zero-order chi connectivity index (χ0) is 16.7. The number of rotatable bonds is 4. The molecule has 128 valence electrons. The minimum Gasteiger partial charge on any atom is -0.378 e. The van der Waals surface area contributed by atoms with Gasteiger partial charge in [-0.25, -0.2) is 4.79 Å². The van der Waals surface area contributed by atoms with Gasteiger partial charge in [0.2, 0.25) is 5.91 Å². The summed E-state index contributed by atoms with van der Waals surface area (Å²) in [4.78, 5) is 28.3. The number of morpholine rings is 1. The predicted octanol–water partition coefficient (Wildman–Crippen LogP) is 0.926. The molecule has 2 aliphatic heterocycles. The van der Waals surface area contributed by atoms with E-state index in [1.54, 1.807) is 0 Å². The maximum absolute atomic E-state index is 12.6. The van der Waals surface area contributed by atoms with E-state index in [4.69, 9.17) is 11.2 Å². The summed E-state index contributed by atoms with van der Waals surface area (Å²) in [6, 6.07) is 0.113. The monoisotopic (exact) mass is 321 g/mol. The second-order valence-electron chi connectivity index (χ2n) is 6.23. The van der Waals surface area contributed by atoms with Crippen molar-refractivity contribution in [3.05, 3.63) is 0 Å². The van der Waals surface area contributed by atoms with Crippen molar-refractivity contribution in [3.8, 4) is 12.3 Å². The molecular formula is C17H27N3O3. The summed E-state index contributed by atoms with van der Waals surface area (Å²) in [5.41, 5.74) is 0. The molecule has 0 saturated carbocycles. The molecule has 0 aliphatic carbocycles. The fourth-order valence-electron chi connectivity index (χ4n) is 3.40. The largest absolute Gasteiger partial charge is 0.378 e. The Kier molecular flexibility index (Phi) is 6.72. The van der Waals surface area contributed by atoms with E-state index in [-0.39, 0.29) is 18.5 Å². The summed E-state index contributed by atoms with van der Waals surface area (Å²) < 4.78 is 5.30. The zero-order valence-corrected chi connectivity index (χ0v) is 13.9. The molecule has 0 unspecified atom stereocenters. The Balaban J connectivity index is 1.86. The van der Waals surface area contributed by atoms with Gasteiger partial charge in [0.25, 0.3) is 0 Å². The maximum atomic E-state index is 12.6. The third-order valence-corrected chi connectivity index (χ3v) is 4.80. The van der Waals surface area contributed by atoms with Crippen LogP contribution in [-0.2, 0) is 9.53 Å². The highest BCUT2D eigenvalue weighted by molar-refractivity contribution is 5.77. The van der Waals surface area contributed by atoms with Gasteiger partial charge in [-0.1, -0.05) is 19.3 Å². The standard InChI is InChI=1S/C17H27N3O3/c1-3-6-18-16(21)12-15-5-7-20(13-14(15)4-2)17(22)19-8-10-23-11-9-19/h1,14-15H,4-13H2,2H3,(H,18,21)/t14-,15-/m0/s1. The van der Waals surface area contributed by atoms with Gasteiger partial charge in [-0.2, -0.15) is 0 Å². The normalized spacial score (nSPS) is 24.9. The fraction of sp³-hybridized carbons (Fsp3) is 0.765. The summed E-state index contributed by atoms with van der Waals surface area (Å²) in [7, 11) is 0. The molecule has 2 fully saturated rings. The predicted molar refractivity (Wildman–Crippen MR) is 87.7 cm³/mol. The van der Waals surface area contributed by atoms with Gasteiger partial charge in [0.15, 0.2) is 0 Å². The Bertz CT molecular complexity index is 454. The first kappa shape index (κ1) is 17.6. The number of nitrogens with zero attached hydrogens (tertiary/aromatic N) is 2. The summed E-state index contributed by atoms with van der Waals surface area (Å²) in [5.74, 6) is 3.12. The van der Waals surface area contributed by atoms with Gasteiger partial charge in [-0.15, -0.1) is 6.42 Å². The van der Waals surface area contributed by atoms with Crippen LogP contribution < -0.4 is 5.32 Å². The van der Waals surface area contributed by atoms with E-state index in [1.165, 1.54) is 0 Å². The molecule has 2 heterocycles. The Labute approximate surface area is 138 Å². The average molecular weight is 321 g/mol. The summed E-state index contributed by atoms with van der Waals surface area (Å²) >= 11 is 0. The topological polar surface area (TPSA) is 61.9 Å². The van der Waals surface area contributed by atoms with Gasteiger partial charge < -0.3 is 19.9 Å². The fourth-order valence-corrected chi connectivity index (χ4v) is 3.40. The molecule has 2 atom stereocenters. The van der Waals surface area contributed by atoms with Crippen molar-refractivity contribution in [3.63, 3.8) is 0 Å². The molecule has 6 heteroatoms. The van der Waals surface area contributed by atoms with Crippen molar-refractivity contribution < 1.29 is 14.3 Å². The molecule has 0 aromatic heterocycles. The van der Waals surface area contributed by atoms with Crippen LogP contribution in [0.15, 0.2) is 0 Å². The minimum absolute atomic E-state index is 0.0133. The molecule has 0 bridgehead atoms. The van der Waals surface area contributed by atoms with E-state index in [2.05, 4.69) is 18.2 Å². The van der Waals surface area contributed by atoms with Crippen molar-refractivity contribution in [2.45, 2.75) is 26.2 Å². The van der Waals surface area contributed by atoms with E-state index in [0.717, 1.165) is 25.9 Å². The molecule has 0 aromatic rings. The molecule has 0 spiro atoms. The van der Waals surface area contributed by atoms with Gasteiger partial charge in [0.05, 0.1) is 19.8 Å². The third-order valence-electron chi connectivity index (χ3n) is 4.80. The van der Waals surface area contributed by atoms with Crippen LogP contribution in [0.1, 0.15) is 26.2 Å². The molecule has 3 amide bonds. The van der Waals surface area contributed by atoms with Crippen LogP contribution in [0.3, 0.4) is 0 Å². The SMILES string of the molecule is C#CCNC(=O)C[C@@H]1CCN(C(=O)N2CCOCC2)C[C@@H]1CC. The number of hydrogen-bond acceptors (Lipinski definition) is 3. The first-order chi connectivity index (χ1) is 11.2. The Morgan fingerprint density at radius 3 is 2.61 bits per heavy atom. The highest BCUT2D eigenvalue weighted by Crippen LogP contribution is 2.29. The van der Waals surface area contributed by atoms with Crippen molar-refractivity contribution >= 4 is 11.9 Å². The van der Waals surface area contributed by atoms with Crippen molar-refractivity contribution in [2.24, 2.45) is 11.8 Å². The molecule has 2 rings (SSSR count). The lowest BCUT2D eigenvalue weighted by molar-refractivity contribution is -0.122. The van der Waals surface area contributed by atoms with Crippen LogP contribution in [0.5, 0.6) is 0 Å². The summed E-state index contributed by atoms with van der Waals surface area (Å²) in [6.45, 7) is 6.45. The van der Waals surface area contributed by atoms with E-state index in [9.17, 15) is 9.59 Å². The number of carbonyl (C=O) groups excluding carboxylic acids is 2. The quantitative estimate of drug-likeness (QED) is 0.784. The van der Waals surface area contributed by atoms with Crippen LogP contribution in [0.25, 0.3) is 0 Å². The van der Waals surface area contributed by atoms with Crippen LogP contribution >= 0.6 is 0 Å². The summed E-state index contributed by atoms with van der Waals surface area (Å²) in [5, 5.41) is 2.73. The second kappa shape index (κ2) is 8.78. The molecule has 6 nitrogen and oxygen atoms in total. The first-order valence-electron chi connectivity index (χ1n) is 8.47. The van der Waals surface area contributed by atoms with E-state index in [1.807, 2.05) is 9.80 Å². The molecule has 0 aromatic carbocycles. The van der Waals surface area contributed by atoms with Gasteiger partial charge in [0, 0.05) is 32.6 Å². The van der Waals surface area contributed by atoms with Gasteiger partial charge in [-0.05, 0) is 18.3 Å².